The Bertz CT molecular complexity index is 153. The fourth-order valence-electron chi connectivity index (χ4n) is 1.91. The van der Waals surface area contributed by atoms with Crippen molar-refractivity contribution in [2.75, 3.05) is 19.6 Å². The number of hydrogen-bond acceptors (Lipinski definition) is 2. The normalized spacial score (nSPS) is 32.6. The van der Waals surface area contributed by atoms with Crippen LogP contribution in [0, 0.1) is 0 Å². The van der Waals surface area contributed by atoms with Crippen molar-refractivity contribution < 1.29 is 0 Å². The van der Waals surface area contributed by atoms with Crippen molar-refractivity contribution in [1.29, 1.82) is 0 Å². The molecule has 2 saturated heterocycles. The van der Waals surface area contributed by atoms with Gasteiger partial charge in [-0.3, -0.25) is 0 Å². The molecule has 2 rings (SSSR count). The van der Waals surface area contributed by atoms with Crippen molar-refractivity contribution >= 4 is 0 Å². The van der Waals surface area contributed by atoms with Gasteiger partial charge >= 0.3 is 0 Å². The number of nitrogens with zero attached hydrogens (tertiary/aromatic N) is 1. The van der Waals surface area contributed by atoms with Crippen LogP contribution >= 0.6 is 0 Å². The Morgan fingerprint density at radius 1 is 1.60 bits per heavy atom. The largest absolute Gasteiger partial charge is 0.370 e. The van der Waals surface area contributed by atoms with Crippen LogP contribution in [0.1, 0.15) is 12.8 Å². The van der Waals surface area contributed by atoms with E-state index in [4.69, 9.17) is 0 Å². The number of nitrogens with one attached hydrogen (secondary N) is 1. The zero-order chi connectivity index (χ0) is 6.97. The maximum absolute atomic E-state index is 4.04. The van der Waals surface area contributed by atoms with Gasteiger partial charge in [0.2, 0.25) is 0 Å². The minimum absolute atomic E-state index is 0.765. The number of fused-ring (bicyclic) bond motifs is 1. The molecule has 2 heterocycles. The van der Waals surface area contributed by atoms with Crippen molar-refractivity contribution in [3.05, 3.63) is 12.3 Å². The van der Waals surface area contributed by atoms with E-state index in [9.17, 15) is 0 Å². The summed E-state index contributed by atoms with van der Waals surface area (Å²) in [4.78, 5) is 2.45. The highest BCUT2D eigenvalue weighted by atomic mass is 15.2. The molecule has 0 aliphatic carbocycles. The highest BCUT2D eigenvalue weighted by Gasteiger charge is 2.28. The summed E-state index contributed by atoms with van der Waals surface area (Å²) in [5.74, 6) is 0. The second kappa shape index (κ2) is 2.27. The Morgan fingerprint density at radius 3 is 3.30 bits per heavy atom. The van der Waals surface area contributed by atoms with E-state index in [1.54, 1.807) is 0 Å². The Hall–Kier alpha value is -0.500. The van der Waals surface area contributed by atoms with E-state index in [0.29, 0.717) is 0 Å². The van der Waals surface area contributed by atoms with E-state index < -0.39 is 0 Å². The van der Waals surface area contributed by atoms with Crippen LogP contribution in [-0.2, 0) is 0 Å². The first kappa shape index (κ1) is 6.23. The van der Waals surface area contributed by atoms with Crippen LogP contribution in [0.2, 0.25) is 0 Å². The third-order valence-electron chi connectivity index (χ3n) is 2.52. The molecule has 0 amide bonds. The standard InChI is InChI=1S/C8H14N2/c1-7-2-3-8-6-9-4-5-10(7)8/h8-9H,1-6H2/t8-/m0/s1. The second-order valence-corrected chi connectivity index (χ2v) is 3.16. The molecule has 0 bridgehead atoms. The van der Waals surface area contributed by atoms with Gasteiger partial charge in [-0.25, -0.2) is 0 Å². The van der Waals surface area contributed by atoms with Gasteiger partial charge in [0.25, 0.3) is 0 Å². The minimum atomic E-state index is 0.765. The Kier molecular flexibility index (Phi) is 1.42. The first-order valence-electron chi connectivity index (χ1n) is 4.03. The van der Waals surface area contributed by atoms with Crippen LogP contribution in [0.3, 0.4) is 0 Å². The highest BCUT2D eigenvalue weighted by molar-refractivity contribution is 5.06. The van der Waals surface area contributed by atoms with Crippen LogP contribution in [0.15, 0.2) is 12.3 Å². The zero-order valence-corrected chi connectivity index (χ0v) is 6.27. The molecule has 2 aliphatic rings. The lowest BCUT2D eigenvalue weighted by Gasteiger charge is -2.32. The molecule has 2 aliphatic heterocycles. The molecule has 1 N–H and O–H groups in total. The van der Waals surface area contributed by atoms with E-state index in [0.717, 1.165) is 12.6 Å². The smallest absolute Gasteiger partial charge is 0.0415 e. The third kappa shape index (κ3) is 0.833. The van der Waals surface area contributed by atoms with Crippen molar-refractivity contribution in [1.82, 2.24) is 10.2 Å². The summed E-state index contributed by atoms with van der Waals surface area (Å²) >= 11 is 0. The molecule has 0 aromatic heterocycles. The highest BCUT2D eigenvalue weighted by Crippen LogP contribution is 2.26. The summed E-state index contributed by atoms with van der Waals surface area (Å²) in [5.41, 5.74) is 1.35. The lowest BCUT2D eigenvalue weighted by molar-refractivity contribution is 0.245. The topological polar surface area (TPSA) is 15.3 Å². The quantitative estimate of drug-likeness (QED) is 0.526. The van der Waals surface area contributed by atoms with Crippen LogP contribution in [0.5, 0.6) is 0 Å². The zero-order valence-electron chi connectivity index (χ0n) is 6.27. The van der Waals surface area contributed by atoms with E-state index in [-0.39, 0.29) is 0 Å². The summed E-state index contributed by atoms with van der Waals surface area (Å²) in [6, 6.07) is 0.765. The van der Waals surface area contributed by atoms with Crippen LogP contribution in [0.25, 0.3) is 0 Å². The molecular weight excluding hydrogens is 124 g/mol. The van der Waals surface area contributed by atoms with Crippen molar-refractivity contribution in [2.24, 2.45) is 0 Å². The lowest BCUT2D eigenvalue weighted by atomic mass is 10.2. The van der Waals surface area contributed by atoms with Crippen LogP contribution in [-0.4, -0.2) is 30.6 Å². The van der Waals surface area contributed by atoms with Crippen molar-refractivity contribution in [3.8, 4) is 0 Å². The van der Waals surface area contributed by atoms with Gasteiger partial charge in [-0.2, -0.15) is 0 Å². The monoisotopic (exact) mass is 138 g/mol. The Labute approximate surface area is 61.9 Å². The Balaban J connectivity index is 2.08. The third-order valence-corrected chi connectivity index (χ3v) is 2.52. The average Bonchev–Trinajstić information content (AvgIpc) is 2.34. The Morgan fingerprint density at radius 2 is 2.50 bits per heavy atom. The maximum atomic E-state index is 4.04. The number of piperazine rings is 1. The summed E-state index contributed by atoms with van der Waals surface area (Å²) < 4.78 is 0. The first-order chi connectivity index (χ1) is 4.88. The van der Waals surface area contributed by atoms with Gasteiger partial charge in [0.05, 0.1) is 0 Å². The molecule has 56 valence electrons. The summed E-state index contributed by atoms with van der Waals surface area (Å²) in [6.07, 6.45) is 2.53. The predicted molar refractivity (Wildman–Crippen MR) is 41.7 cm³/mol. The SMILES string of the molecule is C=C1CC[C@H]2CNCCN12. The van der Waals surface area contributed by atoms with Gasteiger partial charge in [-0.15, -0.1) is 0 Å². The van der Waals surface area contributed by atoms with E-state index >= 15 is 0 Å². The molecule has 0 saturated carbocycles. The van der Waals surface area contributed by atoms with E-state index in [1.807, 2.05) is 0 Å². The molecule has 0 spiro atoms. The number of rotatable bonds is 0. The molecule has 0 radical (unpaired) electrons. The molecule has 0 aromatic carbocycles. The van der Waals surface area contributed by atoms with Gasteiger partial charge in [0, 0.05) is 31.4 Å². The van der Waals surface area contributed by atoms with Crippen molar-refractivity contribution in [3.63, 3.8) is 0 Å². The van der Waals surface area contributed by atoms with Gasteiger partial charge in [-0.1, -0.05) is 6.58 Å². The molecule has 1 atom stereocenters. The molecule has 0 aromatic rings. The second-order valence-electron chi connectivity index (χ2n) is 3.16. The van der Waals surface area contributed by atoms with Gasteiger partial charge < -0.3 is 10.2 Å². The summed E-state index contributed by atoms with van der Waals surface area (Å²) in [6.45, 7) is 7.51. The number of hydrogen-bond donors (Lipinski definition) is 1. The average molecular weight is 138 g/mol. The van der Waals surface area contributed by atoms with E-state index in [2.05, 4.69) is 16.8 Å². The fraction of sp³-hybridized carbons (Fsp3) is 0.750. The number of allylic oxidation sites excluding steroid dienone is 1. The maximum Gasteiger partial charge on any atom is 0.0415 e. The van der Waals surface area contributed by atoms with Gasteiger partial charge in [0.1, 0.15) is 0 Å². The molecule has 10 heavy (non-hydrogen) atoms. The van der Waals surface area contributed by atoms with Crippen molar-refractivity contribution in [2.45, 2.75) is 18.9 Å². The summed E-state index contributed by atoms with van der Waals surface area (Å²) in [5, 5.41) is 3.39. The van der Waals surface area contributed by atoms with Crippen LogP contribution < -0.4 is 5.32 Å². The lowest BCUT2D eigenvalue weighted by Crippen LogP contribution is -2.46. The van der Waals surface area contributed by atoms with E-state index in [1.165, 1.54) is 31.6 Å². The summed E-state index contributed by atoms with van der Waals surface area (Å²) in [7, 11) is 0. The predicted octanol–water partition coefficient (Wildman–Crippen LogP) is 0.568. The molecule has 0 unspecified atom stereocenters. The van der Waals surface area contributed by atoms with Gasteiger partial charge in [0.15, 0.2) is 0 Å². The first-order valence-corrected chi connectivity index (χ1v) is 4.03. The fourth-order valence-corrected chi connectivity index (χ4v) is 1.91. The molecule has 2 heteroatoms. The minimum Gasteiger partial charge on any atom is -0.370 e. The molecule has 2 nitrogen and oxygen atoms in total. The van der Waals surface area contributed by atoms with Gasteiger partial charge in [-0.05, 0) is 12.8 Å². The molecule has 2 fully saturated rings. The molecular formula is C8H14N2. The van der Waals surface area contributed by atoms with Crippen LogP contribution in [0.4, 0.5) is 0 Å².